The zero-order valence-electron chi connectivity index (χ0n) is 21.5. The molecule has 3 heterocycles. The molecule has 3 N–H and O–H groups in total. The van der Waals surface area contributed by atoms with Gasteiger partial charge >= 0.3 is 6.18 Å². The van der Waals surface area contributed by atoms with Crippen LogP contribution in [-0.4, -0.2) is 30.4 Å². The average Bonchev–Trinajstić information content (AvgIpc) is 3.50. The molecule has 0 radical (unpaired) electrons. The van der Waals surface area contributed by atoms with Gasteiger partial charge in [0.25, 0.3) is 0 Å². The third-order valence-electron chi connectivity index (χ3n) is 6.07. The minimum absolute atomic E-state index is 0.0681. The number of benzene rings is 2. The molecular weight excluding hydrogens is 523 g/mol. The van der Waals surface area contributed by atoms with Crippen LogP contribution >= 0.6 is 0 Å². The summed E-state index contributed by atoms with van der Waals surface area (Å²) < 4.78 is 49.0. The quantitative estimate of drug-likeness (QED) is 0.205. The molecule has 0 aliphatic heterocycles. The summed E-state index contributed by atoms with van der Waals surface area (Å²) in [6.45, 7) is 4.92. The molecule has 9 nitrogen and oxygen atoms in total. The highest BCUT2D eigenvalue weighted by molar-refractivity contribution is 5.86. The SMILES string of the molecule is C=CC(=O)NCc1ccc(Nc2nc3cc(Oc4ccnc(-c5ncc(C)[nH]5)c4)ccc3n2C)cc1C(F)(F)F. The van der Waals surface area contributed by atoms with Crippen LogP contribution in [0.1, 0.15) is 16.8 Å². The molecule has 0 atom stereocenters. The first-order valence-corrected chi connectivity index (χ1v) is 12.1. The molecular formula is C28H24F3N7O2. The van der Waals surface area contributed by atoms with Gasteiger partial charge in [0.05, 0.1) is 16.6 Å². The third kappa shape index (κ3) is 5.65. The highest BCUT2D eigenvalue weighted by Gasteiger charge is 2.33. The molecule has 3 aromatic heterocycles. The van der Waals surface area contributed by atoms with E-state index in [0.717, 1.165) is 23.4 Å². The summed E-state index contributed by atoms with van der Waals surface area (Å²) in [4.78, 5) is 27.7. The zero-order chi connectivity index (χ0) is 28.4. The largest absolute Gasteiger partial charge is 0.457 e. The Morgan fingerprint density at radius 3 is 2.65 bits per heavy atom. The lowest BCUT2D eigenvalue weighted by atomic mass is 10.1. The van der Waals surface area contributed by atoms with Gasteiger partial charge in [-0.1, -0.05) is 12.6 Å². The number of fused-ring (bicyclic) bond motifs is 1. The summed E-state index contributed by atoms with van der Waals surface area (Å²) in [6.07, 6.45) is -0.278. The maximum Gasteiger partial charge on any atom is 0.416 e. The second-order valence-electron chi connectivity index (χ2n) is 8.96. The number of aryl methyl sites for hydroxylation is 2. The van der Waals surface area contributed by atoms with E-state index < -0.39 is 17.6 Å². The number of imidazole rings is 2. The number of nitrogens with one attached hydrogen (secondary N) is 3. The predicted octanol–water partition coefficient (Wildman–Crippen LogP) is 6.02. The minimum Gasteiger partial charge on any atom is -0.457 e. The van der Waals surface area contributed by atoms with E-state index in [1.54, 1.807) is 48.3 Å². The first kappa shape index (κ1) is 26.5. The lowest BCUT2D eigenvalue weighted by Crippen LogP contribution is -2.22. The fourth-order valence-corrected chi connectivity index (χ4v) is 4.09. The fraction of sp³-hybridized carbons (Fsp3) is 0.143. The zero-order valence-corrected chi connectivity index (χ0v) is 21.5. The van der Waals surface area contributed by atoms with Crippen LogP contribution in [-0.2, 0) is 24.6 Å². The van der Waals surface area contributed by atoms with E-state index in [2.05, 4.69) is 37.1 Å². The van der Waals surface area contributed by atoms with Crippen LogP contribution in [0.25, 0.3) is 22.6 Å². The lowest BCUT2D eigenvalue weighted by Gasteiger charge is -2.15. The molecule has 2 aromatic carbocycles. The van der Waals surface area contributed by atoms with Crippen molar-refractivity contribution in [2.45, 2.75) is 19.6 Å². The van der Waals surface area contributed by atoms with Crippen molar-refractivity contribution in [2.75, 3.05) is 5.32 Å². The third-order valence-corrected chi connectivity index (χ3v) is 6.07. The van der Waals surface area contributed by atoms with Crippen LogP contribution in [0.4, 0.5) is 24.8 Å². The molecule has 0 bridgehead atoms. The Hall–Kier alpha value is -5.13. The van der Waals surface area contributed by atoms with E-state index in [1.165, 1.54) is 12.1 Å². The molecule has 0 saturated carbocycles. The van der Waals surface area contributed by atoms with Gasteiger partial charge in [-0.2, -0.15) is 13.2 Å². The van der Waals surface area contributed by atoms with Crippen molar-refractivity contribution >= 4 is 28.6 Å². The molecule has 5 rings (SSSR count). The number of halogens is 3. The van der Waals surface area contributed by atoms with E-state index in [0.29, 0.717) is 34.5 Å². The van der Waals surface area contributed by atoms with Crippen molar-refractivity contribution in [3.8, 4) is 23.0 Å². The molecule has 0 spiro atoms. The highest BCUT2D eigenvalue weighted by Crippen LogP contribution is 2.35. The van der Waals surface area contributed by atoms with Crippen molar-refractivity contribution in [2.24, 2.45) is 7.05 Å². The molecule has 0 saturated heterocycles. The molecule has 40 heavy (non-hydrogen) atoms. The first-order chi connectivity index (χ1) is 19.1. The van der Waals surface area contributed by atoms with E-state index in [9.17, 15) is 18.0 Å². The summed E-state index contributed by atoms with van der Waals surface area (Å²) in [5.41, 5.74) is 2.13. The summed E-state index contributed by atoms with van der Waals surface area (Å²) >= 11 is 0. The van der Waals surface area contributed by atoms with Crippen LogP contribution in [0.3, 0.4) is 0 Å². The van der Waals surface area contributed by atoms with Gasteiger partial charge in [-0.3, -0.25) is 9.78 Å². The maximum atomic E-state index is 13.8. The number of aromatic nitrogens is 5. The molecule has 1 amide bonds. The number of rotatable bonds is 8. The van der Waals surface area contributed by atoms with Gasteiger partial charge in [-0.15, -0.1) is 0 Å². The van der Waals surface area contributed by atoms with Crippen LogP contribution in [0.15, 0.2) is 73.6 Å². The summed E-state index contributed by atoms with van der Waals surface area (Å²) in [5.74, 6) is 1.48. The highest BCUT2D eigenvalue weighted by atomic mass is 19.4. The number of H-pyrrole nitrogens is 1. The second kappa shape index (κ2) is 10.6. The molecule has 0 aliphatic carbocycles. The first-order valence-electron chi connectivity index (χ1n) is 12.1. The number of alkyl halides is 3. The van der Waals surface area contributed by atoms with E-state index in [1.807, 2.05) is 13.0 Å². The van der Waals surface area contributed by atoms with Gasteiger partial charge in [0.15, 0.2) is 5.82 Å². The number of amides is 1. The van der Waals surface area contributed by atoms with Crippen LogP contribution in [0, 0.1) is 6.92 Å². The van der Waals surface area contributed by atoms with Gasteiger partial charge in [-0.05, 0) is 48.9 Å². The van der Waals surface area contributed by atoms with Gasteiger partial charge in [0.2, 0.25) is 11.9 Å². The Morgan fingerprint density at radius 1 is 1.12 bits per heavy atom. The molecule has 204 valence electrons. The Kier molecular flexibility index (Phi) is 6.99. The number of carbonyl (C=O) groups excluding carboxylic acids is 1. The number of carbonyl (C=O) groups is 1. The number of hydrogen-bond acceptors (Lipinski definition) is 6. The van der Waals surface area contributed by atoms with Gasteiger partial charge in [0, 0.05) is 49.5 Å². The number of ether oxygens (including phenoxy) is 1. The summed E-state index contributed by atoms with van der Waals surface area (Å²) in [6, 6.07) is 12.6. The van der Waals surface area contributed by atoms with Crippen LogP contribution in [0.5, 0.6) is 11.5 Å². The summed E-state index contributed by atoms with van der Waals surface area (Å²) in [5, 5.41) is 5.34. The monoisotopic (exact) mass is 547 g/mol. The Bertz CT molecular complexity index is 1720. The Morgan fingerprint density at radius 2 is 1.93 bits per heavy atom. The van der Waals surface area contributed by atoms with Crippen LogP contribution in [0.2, 0.25) is 0 Å². The topological polar surface area (TPSA) is 110 Å². The number of pyridine rings is 1. The number of hydrogen-bond donors (Lipinski definition) is 3. The molecule has 0 fully saturated rings. The molecule has 0 aliphatic rings. The minimum atomic E-state index is -4.62. The smallest absolute Gasteiger partial charge is 0.416 e. The van der Waals surface area contributed by atoms with E-state index in [4.69, 9.17) is 4.74 Å². The Balaban J connectivity index is 1.38. The Labute approximate surface area is 226 Å². The second-order valence-corrected chi connectivity index (χ2v) is 8.96. The maximum absolute atomic E-state index is 13.8. The standard InChI is InChI=1S/C28H24F3N7O2/c1-4-25(39)33-15-17-5-6-18(11-21(17)28(29,30)31)36-27-37-22-12-19(7-8-24(22)38(27)3)40-20-9-10-32-23(13-20)26-34-14-16(2)35-26/h4-14H,1,15H2,2-3H3,(H,33,39)(H,34,35)(H,36,37). The van der Waals surface area contributed by atoms with Crippen molar-refractivity contribution in [1.82, 2.24) is 29.8 Å². The fourth-order valence-electron chi connectivity index (χ4n) is 4.09. The van der Waals surface area contributed by atoms with E-state index in [-0.39, 0.29) is 17.8 Å². The van der Waals surface area contributed by atoms with Crippen molar-refractivity contribution < 1.29 is 22.7 Å². The van der Waals surface area contributed by atoms with Gasteiger partial charge in [-0.25, -0.2) is 9.97 Å². The average molecular weight is 548 g/mol. The summed E-state index contributed by atoms with van der Waals surface area (Å²) in [7, 11) is 1.75. The number of nitrogens with zero attached hydrogens (tertiary/aromatic N) is 4. The number of aromatic amines is 1. The van der Waals surface area contributed by atoms with Crippen molar-refractivity contribution in [1.29, 1.82) is 0 Å². The molecule has 0 unspecified atom stereocenters. The number of anilines is 2. The predicted molar refractivity (Wildman–Crippen MR) is 144 cm³/mol. The van der Waals surface area contributed by atoms with Gasteiger partial charge in [0.1, 0.15) is 17.2 Å². The lowest BCUT2D eigenvalue weighted by molar-refractivity contribution is -0.138. The van der Waals surface area contributed by atoms with Gasteiger partial charge < -0.3 is 24.9 Å². The van der Waals surface area contributed by atoms with Crippen molar-refractivity contribution in [3.05, 3.63) is 90.4 Å². The van der Waals surface area contributed by atoms with E-state index >= 15 is 0 Å². The normalized spacial score (nSPS) is 11.4. The van der Waals surface area contributed by atoms with Crippen molar-refractivity contribution in [3.63, 3.8) is 0 Å². The molecule has 5 aromatic rings. The van der Waals surface area contributed by atoms with Crippen LogP contribution < -0.4 is 15.4 Å². The molecule has 12 heteroatoms.